The van der Waals surface area contributed by atoms with Crippen molar-refractivity contribution in [2.45, 2.75) is 6.42 Å². The van der Waals surface area contributed by atoms with Crippen LogP contribution < -0.4 is 0 Å². The summed E-state index contributed by atoms with van der Waals surface area (Å²) in [5.74, 6) is 5.58. The molecule has 0 saturated carbocycles. The Morgan fingerprint density at radius 1 is 1.47 bits per heavy atom. The van der Waals surface area contributed by atoms with Gasteiger partial charge in [0.1, 0.15) is 5.56 Å². The first-order valence-electron chi connectivity index (χ1n) is 4.47. The maximum absolute atomic E-state index is 10.6. The Kier molecular flexibility index (Phi) is 4.32. The van der Waals surface area contributed by atoms with Crippen LogP contribution in [0.2, 0.25) is 0 Å². The quantitative estimate of drug-likeness (QED) is 0.328. The lowest BCUT2D eigenvalue weighted by Gasteiger charge is -1.93. The zero-order chi connectivity index (χ0) is 11.1. The van der Waals surface area contributed by atoms with Gasteiger partial charge < -0.3 is 4.74 Å². The van der Waals surface area contributed by atoms with Crippen molar-refractivity contribution in [1.82, 2.24) is 0 Å². The molecule has 0 aliphatic rings. The molecule has 0 radical (unpaired) electrons. The molecule has 0 aliphatic heterocycles. The number of benzene rings is 1. The van der Waals surface area contributed by atoms with Crippen molar-refractivity contribution in [2.24, 2.45) is 0 Å². The minimum absolute atomic E-state index is 0.0439. The zero-order valence-electron chi connectivity index (χ0n) is 8.40. The zero-order valence-corrected chi connectivity index (χ0v) is 8.40. The van der Waals surface area contributed by atoms with Gasteiger partial charge in [0.2, 0.25) is 0 Å². The van der Waals surface area contributed by atoms with Crippen LogP contribution >= 0.6 is 0 Å². The van der Waals surface area contributed by atoms with Crippen LogP contribution in [0.1, 0.15) is 12.0 Å². The Morgan fingerprint density at radius 3 is 2.87 bits per heavy atom. The summed E-state index contributed by atoms with van der Waals surface area (Å²) in [6, 6.07) is 6.43. The number of nitro groups is 1. The molecule has 1 rings (SSSR count). The number of nitrogens with zero attached hydrogens (tertiary/aromatic N) is 1. The van der Waals surface area contributed by atoms with E-state index in [4.69, 9.17) is 4.74 Å². The van der Waals surface area contributed by atoms with Crippen LogP contribution in [0.4, 0.5) is 5.69 Å². The van der Waals surface area contributed by atoms with Gasteiger partial charge in [-0.1, -0.05) is 24.0 Å². The molecule has 15 heavy (non-hydrogen) atoms. The van der Waals surface area contributed by atoms with Crippen LogP contribution in [-0.4, -0.2) is 18.6 Å². The fraction of sp³-hybridized carbons (Fsp3) is 0.273. The molecule has 1 aromatic rings. The van der Waals surface area contributed by atoms with E-state index in [2.05, 4.69) is 11.8 Å². The molecule has 0 aromatic heterocycles. The van der Waals surface area contributed by atoms with Crippen molar-refractivity contribution in [3.05, 3.63) is 39.9 Å². The van der Waals surface area contributed by atoms with E-state index in [-0.39, 0.29) is 5.69 Å². The summed E-state index contributed by atoms with van der Waals surface area (Å²) in [6.45, 7) is 0.535. The van der Waals surface area contributed by atoms with Crippen LogP contribution in [0.15, 0.2) is 24.3 Å². The first kappa shape index (κ1) is 11.2. The van der Waals surface area contributed by atoms with Gasteiger partial charge >= 0.3 is 0 Å². The van der Waals surface area contributed by atoms with Crippen LogP contribution in [0.25, 0.3) is 0 Å². The Morgan fingerprint density at radius 2 is 2.20 bits per heavy atom. The van der Waals surface area contributed by atoms with E-state index in [1.165, 1.54) is 6.07 Å². The molecule has 1 aromatic carbocycles. The third kappa shape index (κ3) is 3.41. The molecule has 0 atom stereocenters. The first-order chi connectivity index (χ1) is 7.25. The van der Waals surface area contributed by atoms with Crippen LogP contribution in [-0.2, 0) is 4.74 Å². The summed E-state index contributed by atoms with van der Waals surface area (Å²) >= 11 is 0. The van der Waals surface area contributed by atoms with Crippen molar-refractivity contribution in [3.8, 4) is 11.8 Å². The normalized spacial score (nSPS) is 9.13. The van der Waals surface area contributed by atoms with E-state index >= 15 is 0 Å². The van der Waals surface area contributed by atoms with Gasteiger partial charge in [0, 0.05) is 19.6 Å². The number of hydrogen-bond acceptors (Lipinski definition) is 3. The van der Waals surface area contributed by atoms with Crippen molar-refractivity contribution in [3.63, 3.8) is 0 Å². The highest BCUT2D eigenvalue weighted by Crippen LogP contribution is 2.15. The topological polar surface area (TPSA) is 52.4 Å². The van der Waals surface area contributed by atoms with Crippen LogP contribution in [0.3, 0.4) is 0 Å². The average molecular weight is 205 g/mol. The first-order valence-corrected chi connectivity index (χ1v) is 4.47. The Hall–Kier alpha value is -1.86. The highest BCUT2D eigenvalue weighted by Gasteiger charge is 2.09. The largest absolute Gasteiger partial charge is 0.384 e. The maximum Gasteiger partial charge on any atom is 0.284 e. The lowest BCUT2D eigenvalue weighted by atomic mass is 10.2. The predicted octanol–water partition coefficient (Wildman–Crippen LogP) is 1.98. The van der Waals surface area contributed by atoms with Crippen molar-refractivity contribution >= 4 is 5.69 Å². The average Bonchev–Trinajstić information content (AvgIpc) is 2.25. The van der Waals surface area contributed by atoms with Gasteiger partial charge in [-0.2, -0.15) is 0 Å². The van der Waals surface area contributed by atoms with Crippen molar-refractivity contribution in [2.75, 3.05) is 13.7 Å². The van der Waals surface area contributed by atoms with Gasteiger partial charge in [-0.05, 0) is 6.07 Å². The van der Waals surface area contributed by atoms with E-state index in [1.54, 1.807) is 25.3 Å². The predicted molar refractivity (Wildman–Crippen MR) is 56.5 cm³/mol. The van der Waals surface area contributed by atoms with E-state index in [1.807, 2.05) is 0 Å². The third-order valence-corrected chi connectivity index (χ3v) is 1.75. The molecule has 0 spiro atoms. The Labute approximate surface area is 88.0 Å². The summed E-state index contributed by atoms with van der Waals surface area (Å²) in [7, 11) is 1.59. The molecule has 0 heterocycles. The molecular formula is C11H11NO3. The minimum atomic E-state index is -0.430. The summed E-state index contributed by atoms with van der Waals surface area (Å²) in [4.78, 5) is 10.2. The van der Waals surface area contributed by atoms with Crippen LogP contribution in [0.5, 0.6) is 0 Å². The number of rotatable bonds is 3. The van der Waals surface area contributed by atoms with E-state index in [0.717, 1.165) is 0 Å². The molecule has 0 fully saturated rings. The lowest BCUT2D eigenvalue weighted by Crippen LogP contribution is -1.91. The smallest absolute Gasteiger partial charge is 0.284 e. The molecule has 0 unspecified atom stereocenters. The van der Waals surface area contributed by atoms with Gasteiger partial charge in [0.25, 0.3) is 5.69 Å². The molecule has 0 amide bonds. The fourth-order valence-electron chi connectivity index (χ4n) is 1.05. The highest BCUT2D eigenvalue weighted by atomic mass is 16.6. The van der Waals surface area contributed by atoms with Gasteiger partial charge in [0.15, 0.2) is 0 Å². The SMILES string of the molecule is COCCC#Cc1ccccc1[N+](=O)[O-]. The molecule has 4 heteroatoms. The Bertz CT molecular complexity index is 404. The second kappa shape index (κ2) is 5.78. The van der Waals surface area contributed by atoms with Gasteiger partial charge in [-0.15, -0.1) is 0 Å². The molecule has 0 saturated heterocycles. The maximum atomic E-state index is 10.6. The molecule has 0 bridgehead atoms. The number of nitro benzene ring substituents is 1. The summed E-state index contributed by atoms with van der Waals surface area (Å²) in [5, 5.41) is 10.6. The minimum Gasteiger partial charge on any atom is -0.384 e. The molecule has 0 N–H and O–H groups in total. The standard InChI is InChI=1S/C11H11NO3/c1-15-9-5-4-7-10-6-2-3-8-11(10)12(13)14/h2-3,6,8H,5,9H2,1H3. The van der Waals surface area contributed by atoms with Gasteiger partial charge in [0.05, 0.1) is 11.5 Å². The molecule has 0 aliphatic carbocycles. The van der Waals surface area contributed by atoms with E-state index in [9.17, 15) is 10.1 Å². The third-order valence-electron chi connectivity index (χ3n) is 1.75. The summed E-state index contributed by atoms with van der Waals surface area (Å²) in [5.41, 5.74) is 0.487. The van der Waals surface area contributed by atoms with Crippen LogP contribution in [0, 0.1) is 22.0 Å². The number of para-hydroxylation sites is 1. The van der Waals surface area contributed by atoms with Gasteiger partial charge in [-0.25, -0.2) is 0 Å². The summed E-state index contributed by atoms with van der Waals surface area (Å²) in [6.07, 6.45) is 0.572. The lowest BCUT2D eigenvalue weighted by molar-refractivity contribution is -0.385. The number of methoxy groups -OCH3 is 1. The summed E-state index contributed by atoms with van der Waals surface area (Å²) < 4.78 is 4.82. The van der Waals surface area contributed by atoms with Crippen molar-refractivity contribution < 1.29 is 9.66 Å². The second-order valence-corrected chi connectivity index (χ2v) is 2.82. The molecule has 78 valence electrons. The highest BCUT2D eigenvalue weighted by molar-refractivity contribution is 5.50. The number of hydrogen-bond donors (Lipinski definition) is 0. The molecule has 4 nitrogen and oxygen atoms in total. The second-order valence-electron chi connectivity index (χ2n) is 2.82. The number of ether oxygens (including phenoxy) is 1. The van der Waals surface area contributed by atoms with E-state index < -0.39 is 4.92 Å². The van der Waals surface area contributed by atoms with Gasteiger partial charge in [-0.3, -0.25) is 10.1 Å². The molecular weight excluding hydrogens is 194 g/mol. The monoisotopic (exact) mass is 205 g/mol. The fourth-order valence-corrected chi connectivity index (χ4v) is 1.05. The van der Waals surface area contributed by atoms with Crippen molar-refractivity contribution in [1.29, 1.82) is 0 Å². The van der Waals surface area contributed by atoms with E-state index in [0.29, 0.717) is 18.6 Å². The Balaban J connectivity index is 2.83.